The second kappa shape index (κ2) is 7.60. The number of nitrogens with zero attached hydrogens (tertiary/aromatic N) is 2. The van der Waals surface area contributed by atoms with Crippen LogP contribution in [0.1, 0.15) is 63.2 Å². The van der Waals surface area contributed by atoms with Crippen LogP contribution in [-0.2, 0) is 11.2 Å². The van der Waals surface area contributed by atoms with Crippen molar-refractivity contribution in [1.82, 2.24) is 9.88 Å². The largest absolute Gasteiger partial charge is 0.445 e. The summed E-state index contributed by atoms with van der Waals surface area (Å²) in [6.07, 6.45) is 4.72. The van der Waals surface area contributed by atoms with Gasteiger partial charge >= 0.3 is 0 Å². The first-order chi connectivity index (χ1) is 12.3. The minimum atomic E-state index is -0.248. The van der Waals surface area contributed by atoms with Crippen LogP contribution < -0.4 is 0 Å². The molecule has 26 heavy (non-hydrogen) atoms. The molecule has 0 bridgehead atoms. The molecule has 1 unspecified atom stereocenters. The number of likely N-dealkylation sites (tertiary alicyclic amines) is 1. The van der Waals surface area contributed by atoms with Crippen LogP contribution >= 0.6 is 0 Å². The average molecular weight is 358 g/mol. The Labute approximate surface area is 154 Å². The molecule has 5 heteroatoms. The molecule has 140 valence electrons. The molecule has 1 atom stereocenters. The number of oxazole rings is 1. The lowest BCUT2D eigenvalue weighted by Gasteiger charge is -2.33. The number of carbonyl (C=O) groups is 1. The van der Waals surface area contributed by atoms with Crippen molar-refractivity contribution < 1.29 is 13.6 Å². The van der Waals surface area contributed by atoms with Gasteiger partial charge in [0.25, 0.3) is 0 Å². The molecule has 1 aromatic carbocycles. The van der Waals surface area contributed by atoms with E-state index in [-0.39, 0.29) is 23.1 Å². The summed E-state index contributed by atoms with van der Waals surface area (Å²) in [5.41, 5.74) is 0.851. The Morgan fingerprint density at radius 1 is 1.38 bits per heavy atom. The average Bonchev–Trinajstić information content (AvgIpc) is 3.02. The predicted octanol–water partition coefficient (Wildman–Crippen LogP) is 4.55. The van der Waals surface area contributed by atoms with Gasteiger partial charge in [0.1, 0.15) is 11.6 Å². The number of hydrogen-bond donors (Lipinski definition) is 0. The van der Waals surface area contributed by atoms with Gasteiger partial charge in [-0.05, 0) is 36.0 Å². The first-order valence-electron chi connectivity index (χ1n) is 9.27. The second-order valence-electron chi connectivity index (χ2n) is 8.39. The Morgan fingerprint density at radius 2 is 2.19 bits per heavy atom. The fourth-order valence-corrected chi connectivity index (χ4v) is 3.41. The highest BCUT2D eigenvalue weighted by Crippen LogP contribution is 2.29. The summed E-state index contributed by atoms with van der Waals surface area (Å²) in [5, 5.41) is 0. The van der Waals surface area contributed by atoms with Crippen molar-refractivity contribution in [3.63, 3.8) is 0 Å². The third-order valence-corrected chi connectivity index (χ3v) is 4.64. The smallest absolute Gasteiger partial charge is 0.223 e. The van der Waals surface area contributed by atoms with Crippen LogP contribution in [0.3, 0.4) is 0 Å². The minimum absolute atomic E-state index is 0.00884. The van der Waals surface area contributed by atoms with Crippen molar-refractivity contribution in [2.24, 2.45) is 5.41 Å². The molecular formula is C21H27FN2O2. The van der Waals surface area contributed by atoms with E-state index in [1.54, 1.807) is 12.3 Å². The molecule has 2 heterocycles. The van der Waals surface area contributed by atoms with Gasteiger partial charge in [0.2, 0.25) is 5.91 Å². The molecule has 1 amide bonds. The summed E-state index contributed by atoms with van der Waals surface area (Å²) in [6.45, 7) is 7.72. The van der Waals surface area contributed by atoms with Crippen molar-refractivity contribution in [3.05, 3.63) is 53.5 Å². The van der Waals surface area contributed by atoms with Gasteiger partial charge in [0.15, 0.2) is 5.89 Å². The fourth-order valence-electron chi connectivity index (χ4n) is 3.41. The third-order valence-electron chi connectivity index (χ3n) is 4.64. The third kappa shape index (κ3) is 4.93. The molecule has 0 spiro atoms. The van der Waals surface area contributed by atoms with E-state index in [2.05, 4.69) is 25.8 Å². The summed E-state index contributed by atoms with van der Waals surface area (Å²) in [6, 6.07) is 6.51. The van der Waals surface area contributed by atoms with Crippen molar-refractivity contribution in [2.45, 2.75) is 52.4 Å². The van der Waals surface area contributed by atoms with Crippen LogP contribution in [0.25, 0.3) is 0 Å². The van der Waals surface area contributed by atoms with Crippen LogP contribution in [0.5, 0.6) is 0 Å². The molecule has 3 rings (SSSR count). The van der Waals surface area contributed by atoms with E-state index in [1.165, 1.54) is 12.1 Å². The molecule has 1 saturated heterocycles. The van der Waals surface area contributed by atoms with Gasteiger partial charge in [-0.25, -0.2) is 9.37 Å². The maximum atomic E-state index is 13.3. The van der Waals surface area contributed by atoms with Crippen LogP contribution in [0.2, 0.25) is 0 Å². The highest BCUT2D eigenvalue weighted by atomic mass is 19.1. The molecule has 0 radical (unpaired) electrons. The number of aromatic nitrogens is 1. The number of rotatable bonds is 4. The van der Waals surface area contributed by atoms with Crippen molar-refractivity contribution in [3.8, 4) is 0 Å². The standard InChI is InChI=1S/C21H27FN2O2/c1-21(2,3)12-19(25)24-9-5-7-16(14-24)20-23-13-18(26-20)11-15-6-4-8-17(22)10-15/h4,6,8,10,13,16H,5,7,9,11-12,14H2,1-3H3. The molecule has 1 fully saturated rings. The maximum Gasteiger partial charge on any atom is 0.223 e. The van der Waals surface area contributed by atoms with Gasteiger partial charge < -0.3 is 9.32 Å². The maximum absolute atomic E-state index is 13.3. The lowest BCUT2D eigenvalue weighted by atomic mass is 9.90. The first-order valence-corrected chi connectivity index (χ1v) is 9.27. The summed E-state index contributed by atoms with van der Waals surface area (Å²) in [5.74, 6) is 1.50. The number of piperidine rings is 1. The lowest BCUT2D eigenvalue weighted by molar-refractivity contribution is -0.134. The molecule has 1 aliphatic rings. The van der Waals surface area contributed by atoms with E-state index in [0.29, 0.717) is 25.3 Å². The summed E-state index contributed by atoms with van der Waals surface area (Å²) >= 11 is 0. The zero-order chi connectivity index (χ0) is 18.7. The Balaban J connectivity index is 1.64. The van der Waals surface area contributed by atoms with E-state index in [9.17, 15) is 9.18 Å². The van der Waals surface area contributed by atoms with E-state index >= 15 is 0 Å². The summed E-state index contributed by atoms with van der Waals surface area (Å²) < 4.78 is 19.2. The van der Waals surface area contributed by atoms with E-state index in [0.717, 1.165) is 30.7 Å². The molecule has 0 saturated carbocycles. The molecule has 1 aliphatic heterocycles. The van der Waals surface area contributed by atoms with Gasteiger partial charge in [-0.2, -0.15) is 0 Å². The van der Waals surface area contributed by atoms with Gasteiger partial charge in [0.05, 0.1) is 12.1 Å². The number of amides is 1. The van der Waals surface area contributed by atoms with E-state index in [4.69, 9.17) is 4.42 Å². The van der Waals surface area contributed by atoms with Gasteiger partial charge in [-0.1, -0.05) is 32.9 Å². The van der Waals surface area contributed by atoms with Gasteiger partial charge in [-0.15, -0.1) is 0 Å². The quantitative estimate of drug-likeness (QED) is 0.806. The Hall–Kier alpha value is -2.17. The van der Waals surface area contributed by atoms with Crippen molar-refractivity contribution in [2.75, 3.05) is 13.1 Å². The Bertz CT molecular complexity index is 763. The van der Waals surface area contributed by atoms with Gasteiger partial charge in [0, 0.05) is 25.9 Å². The number of halogens is 1. The molecule has 1 aromatic heterocycles. The molecule has 0 N–H and O–H groups in total. The number of hydrogen-bond acceptors (Lipinski definition) is 3. The van der Waals surface area contributed by atoms with E-state index < -0.39 is 0 Å². The highest BCUT2D eigenvalue weighted by Gasteiger charge is 2.29. The molecular weight excluding hydrogens is 331 g/mol. The normalized spacial score (nSPS) is 18.2. The lowest BCUT2D eigenvalue weighted by Crippen LogP contribution is -2.40. The molecule has 0 aliphatic carbocycles. The SMILES string of the molecule is CC(C)(C)CC(=O)N1CCCC(c2ncc(Cc3cccc(F)c3)o2)C1. The highest BCUT2D eigenvalue weighted by molar-refractivity contribution is 5.77. The van der Waals surface area contributed by atoms with Crippen LogP contribution in [0.4, 0.5) is 4.39 Å². The van der Waals surface area contributed by atoms with Crippen LogP contribution in [0.15, 0.2) is 34.9 Å². The Kier molecular flexibility index (Phi) is 5.44. The topological polar surface area (TPSA) is 46.3 Å². The van der Waals surface area contributed by atoms with E-state index in [1.807, 2.05) is 11.0 Å². The Morgan fingerprint density at radius 3 is 2.92 bits per heavy atom. The zero-order valence-electron chi connectivity index (χ0n) is 15.8. The summed E-state index contributed by atoms with van der Waals surface area (Å²) in [7, 11) is 0. The van der Waals surface area contributed by atoms with Crippen LogP contribution in [0, 0.1) is 11.2 Å². The van der Waals surface area contributed by atoms with Crippen LogP contribution in [-0.4, -0.2) is 28.9 Å². The summed E-state index contributed by atoms with van der Waals surface area (Å²) in [4.78, 5) is 18.9. The molecule has 4 nitrogen and oxygen atoms in total. The van der Waals surface area contributed by atoms with Crippen molar-refractivity contribution in [1.29, 1.82) is 0 Å². The van der Waals surface area contributed by atoms with Gasteiger partial charge in [-0.3, -0.25) is 4.79 Å². The number of benzene rings is 1. The predicted molar refractivity (Wildman–Crippen MR) is 98.3 cm³/mol. The van der Waals surface area contributed by atoms with Crippen molar-refractivity contribution >= 4 is 5.91 Å². The minimum Gasteiger partial charge on any atom is -0.445 e. The number of carbonyl (C=O) groups excluding carboxylic acids is 1. The molecule has 2 aromatic rings. The zero-order valence-corrected chi connectivity index (χ0v) is 15.8. The monoisotopic (exact) mass is 358 g/mol. The first kappa shape index (κ1) is 18.6. The second-order valence-corrected chi connectivity index (χ2v) is 8.39. The fraction of sp³-hybridized carbons (Fsp3) is 0.524.